The first-order valence-corrected chi connectivity index (χ1v) is 7.83. The Labute approximate surface area is 132 Å². The molecule has 2 rings (SSSR count). The van der Waals surface area contributed by atoms with Gasteiger partial charge in [0.15, 0.2) is 5.11 Å². The molecular weight excluding hydrogens is 346 g/mol. The number of nitrogens with zero attached hydrogens (tertiary/aromatic N) is 1. The summed E-state index contributed by atoms with van der Waals surface area (Å²) in [5.41, 5.74) is 0.829. The van der Waals surface area contributed by atoms with Gasteiger partial charge in [0.05, 0.1) is 10.7 Å². The zero-order valence-corrected chi connectivity index (χ0v) is 13.9. The largest absolute Gasteiger partial charge is 0.360 e. The highest BCUT2D eigenvalue weighted by Gasteiger charge is 2.17. The SMILES string of the molecule is CN1CCC(NC(=S)Nc2ccc(Br)cc2Cl)CC1. The van der Waals surface area contributed by atoms with E-state index in [1.165, 1.54) is 0 Å². The minimum Gasteiger partial charge on any atom is -0.360 e. The third kappa shape index (κ3) is 4.60. The van der Waals surface area contributed by atoms with E-state index >= 15 is 0 Å². The number of nitrogens with one attached hydrogen (secondary N) is 2. The topological polar surface area (TPSA) is 27.3 Å². The molecule has 0 aliphatic carbocycles. The number of benzene rings is 1. The molecular formula is C13H17BrClN3S. The molecule has 0 bridgehead atoms. The smallest absolute Gasteiger partial charge is 0.171 e. The molecule has 6 heteroatoms. The van der Waals surface area contributed by atoms with Crippen LogP contribution in [0, 0.1) is 0 Å². The summed E-state index contributed by atoms with van der Waals surface area (Å²) in [6.07, 6.45) is 2.23. The van der Waals surface area contributed by atoms with Gasteiger partial charge in [-0.2, -0.15) is 0 Å². The molecule has 1 aliphatic heterocycles. The lowest BCUT2D eigenvalue weighted by atomic mass is 10.1. The minimum atomic E-state index is 0.449. The first kappa shape index (κ1) is 15.0. The van der Waals surface area contributed by atoms with E-state index in [2.05, 4.69) is 38.5 Å². The molecule has 1 fully saturated rings. The maximum Gasteiger partial charge on any atom is 0.171 e. The van der Waals surface area contributed by atoms with Crippen LogP contribution in [0.3, 0.4) is 0 Å². The first-order valence-electron chi connectivity index (χ1n) is 6.25. The van der Waals surface area contributed by atoms with Gasteiger partial charge in [-0.1, -0.05) is 27.5 Å². The van der Waals surface area contributed by atoms with Crippen molar-refractivity contribution in [1.82, 2.24) is 10.2 Å². The summed E-state index contributed by atoms with van der Waals surface area (Å²) in [4.78, 5) is 2.33. The third-order valence-electron chi connectivity index (χ3n) is 3.23. The molecule has 1 saturated heterocycles. The normalized spacial score (nSPS) is 17.2. The van der Waals surface area contributed by atoms with E-state index in [9.17, 15) is 0 Å². The van der Waals surface area contributed by atoms with Gasteiger partial charge in [-0.05, 0) is 63.4 Å². The van der Waals surface area contributed by atoms with Crippen molar-refractivity contribution in [3.63, 3.8) is 0 Å². The Bertz CT molecular complexity index is 461. The number of halogens is 2. The summed E-state index contributed by atoms with van der Waals surface area (Å²) in [7, 11) is 2.15. The van der Waals surface area contributed by atoms with Crippen LogP contribution in [-0.2, 0) is 0 Å². The van der Waals surface area contributed by atoms with Gasteiger partial charge in [0.1, 0.15) is 0 Å². The molecule has 0 spiro atoms. The Balaban J connectivity index is 1.87. The molecule has 1 aromatic rings. The maximum absolute atomic E-state index is 6.15. The molecule has 0 aromatic heterocycles. The molecule has 2 N–H and O–H groups in total. The Kier molecular flexibility index (Phi) is 5.45. The van der Waals surface area contributed by atoms with Crippen LogP contribution < -0.4 is 10.6 Å². The van der Waals surface area contributed by atoms with Crippen LogP contribution in [0.1, 0.15) is 12.8 Å². The van der Waals surface area contributed by atoms with E-state index in [-0.39, 0.29) is 0 Å². The number of hydrogen-bond acceptors (Lipinski definition) is 2. The molecule has 0 radical (unpaired) electrons. The van der Waals surface area contributed by atoms with Crippen molar-refractivity contribution < 1.29 is 0 Å². The van der Waals surface area contributed by atoms with Gasteiger partial charge in [0, 0.05) is 10.5 Å². The summed E-state index contributed by atoms with van der Waals surface area (Å²) < 4.78 is 0.956. The number of piperidine rings is 1. The van der Waals surface area contributed by atoms with E-state index in [0.717, 1.165) is 36.1 Å². The van der Waals surface area contributed by atoms with Crippen molar-refractivity contribution in [2.45, 2.75) is 18.9 Å². The molecule has 1 aromatic carbocycles. The summed E-state index contributed by atoms with van der Waals surface area (Å²) in [6.45, 7) is 2.22. The van der Waals surface area contributed by atoms with Crippen molar-refractivity contribution in [1.29, 1.82) is 0 Å². The molecule has 19 heavy (non-hydrogen) atoms. The predicted octanol–water partition coefficient (Wildman–Crippen LogP) is 3.48. The highest BCUT2D eigenvalue weighted by molar-refractivity contribution is 9.10. The second-order valence-corrected chi connectivity index (χ2v) is 6.53. The lowest BCUT2D eigenvalue weighted by molar-refractivity contribution is 0.247. The van der Waals surface area contributed by atoms with Crippen LogP contribution >= 0.6 is 39.7 Å². The standard InChI is InChI=1S/C13H17BrClN3S/c1-18-6-4-10(5-7-18)16-13(19)17-12-3-2-9(14)8-11(12)15/h2-3,8,10H,4-7H2,1H3,(H2,16,17,19). The van der Waals surface area contributed by atoms with Gasteiger partial charge >= 0.3 is 0 Å². The summed E-state index contributed by atoms with van der Waals surface area (Å²) in [5, 5.41) is 7.80. The van der Waals surface area contributed by atoms with Gasteiger partial charge in [0.25, 0.3) is 0 Å². The van der Waals surface area contributed by atoms with E-state index in [0.29, 0.717) is 16.2 Å². The van der Waals surface area contributed by atoms with Crippen molar-refractivity contribution in [2.75, 3.05) is 25.5 Å². The number of likely N-dealkylation sites (tertiary alicyclic amines) is 1. The van der Waals surface area contributed by atoms with Crippen LogP contribution in [0.2, 0.25) is 5.02 Å². The molecule has 1 aliphatic rings. The fourth-order valence-electron chi connectivity index (χ4n) is 2.09. The molecule has 0 unspecified atom stereocenters. The summed E-state index contributed by atoms with van der Waals surface area (Å²) in [5.74, 6) is 0. The van der Waals surface area contributed by atoms with E-state index in [1.54, 1.807) is 0 Å². The van der Waals surface area contributed by atoms with Crippen LogP contribution in [0.25, 0.3) is 0 Å². The number of anilines is 1. The first-order chi connectivity index (χ1) is 9.04. The third-order valence-corrected chi connectivity index (χ3v) is 4.26. The zero-order valence-electron chi connectivity index (χ0n) is 10.7. The Morgan fingerprint density at radius 1 is 1.42 bits per heavy atom. The van der Waals surface area contributed by atoms with E-state index in [4.69, 9.17) is 23.8 Å². The molecule has 0 saturated carbocycles. The average molecular weight is 363 g/mol. The average Bonchev–Trinajstić information content (AvgIpc) is 2.36. The zero-order chi connectivity index (χ0) is 13.8. The van der Waals surface area contributed by atoms with Crippen LogP contribution in [-0.4, -0.2) is 36.2 Å². The van der Waals surface area contributed by atoms with Crippen molar-refractivity contribution in [2.24, 2.45) is 0 Å². The molecule has 1 heterocycles. The van der Waals surface area contributed by atoms with Gasteiger partial charge in [0.2, 0.25) is 0 Å². The molecule has 3 nitrogen and oxygen atoms in total. The second kappa shape index (κ2) is 6.88. The summed E-state index contributed by atoms with van der Waals surface area (Å²) >= 11 is 14.9. The van der Waals surface area contributed by atoms with Crippen LogP contribution in [0.15, 0.2) is 22.7 Å². The molecule has 0 amide bonds. The van der Waals surface area contributed by atoms with Crippen molar-refractivity contribution in [3.8, 4) is 0 Å². The lowest BCUT2D eigenvalue weighted by Crippen LogP contribution is -2.44. The summed E-state index contributed by atoms with van der Waals surface area (Å²) in [6, 6.07) is 6.15. The predicted molar refractivity (Wildman–Crippen MR) is 89.0 cm³/mol. The number of rotatable bonds is 2. The highest BCUT2D eigenvalue weighted by atomic mass is 79.9. The Morgan fingerprint density at radius 2 is 2.11 bits per heavy atom. The Morgan fingerprint density at radius 3 is 2.74 bits per heavy atom. The fourth-order valence-corrected chi connectivity index (χ4v) is 3.08. The van der Waals surface area contributed by atoms with E-state index < -0.39 is 0 Å². The monoisotopic (exact) mass is 361 g/mol. The van der Waals surface area contributed by atoms with Gasteiger partial charge < -0.3 is 15.5 Å². The van der Waals surface area contributed by atoms with Gasteiger partial charge in [-0.25, -0.2) is 0 Å². The van der Waals surface area contributed by atoms with Crippen LogP contribution in [0.4, 0.5) is 5.69 Å². The minimum absolute atomic E-state index is 0.449. The van der Waals surface area contributed by atoms with E-state index in [1.807, 2.05) is 18.2 Å². The van der Waals surface area contributed by atoms with Gasteiger partial charge in [-0.3, -0.25) is 0 Å². The highest BCUT2D eigenvalue weighted by Crippen LogP contribution is 2.25. The quantitative estimate of drug-likeness (QED) is 0.788. The number of thiocarbonyl (C=S) groups is 1. The second-order valence-electron chi connectivity index (χ2n) is 4.80. The maximum atomic E-state index is 6.15. The lowest BCUT2D eigenvalue weighted by Gasteiger charge is -2.30. The molecule has 104 valence electrons. The number of hydrogen-bond donors (Lipinski definition) is 2. The van der Waals surface area contributed by atoms with Crippen molar-refractivity contribution >= 4 is 50.5 Å². The fraction of sp³-hybridized carbons (Fsp3) is 0.462. The Hall–Kier alpha value is -0.360. The van der Waals surface area contributed by atoms with Gasteiger partial charge in [-0.15, -0.1) is 0 Å². The van der Waals surface area contributed by atoms with Crippen LogP contribution in [0.5, 0.6) is 0 Å². The molecule has 0 atom stereocenters. The van der Waals surface area contributed by atoms with Crippen molar-refractivity contribution in [3.05, 3.63) is 27.7 Å².